The molecule has 3 aromatic rings. The van der Waals surface area contributed by atoms with Gasteiger partial charge in [-0.25, -0.2) is 9.97 Å². The quantitative estimate of drug-likeness (QED) is 0.505. The van der Waals surface area contributed by atoms with E-state index in [0.717, 1.165) is 10.9 Å². The Bertz CT molecular complexity index is 1100. The lowest BCUT2D eigenvalue weighted by molar-refractivity contribution is -0.138. The van der Waals surface area contributed by atoms with Crippen LogP contribution in [0.15, 0.2) is 43.0 Å². The number of amides is 1. The molecule has 0 saturated heterocycles. The number of hydrogen-bond donors (Lipinski definition) is 3. The standard InChI is InChI=1S/C22H26N6O3/c1-21(2,11-17(29)27-22(3,4)12-18(30)31)28-20-15-7-10-24-13-16(15)25-19(26-20)14-5-8-23-9-6-14/h5-10,13H,11-12H2,1-4H3,(H,27,29)(H,30,31)(H,25,26,28). The summed E-state index contributed by atoms with van der Waals surface area (Å²) in [5.41, 5.74) is -0.0195. The highest BCUT2D eigenvalue weighted by Gasteiger charge is 2.29. The Hall–Kier alpha value is -3.62. The molecular formula is C22H26N6O3. The van der Waals surface area contributed by atoms with Crippen LogP contribution in [0.1, 0.15) is 40.5 Å². The molecule has 0 fully saturated rings. The zero-order chi connectivity index (χ0) is 22.6. The average molecular weight is 422 g/mol. The van der Waals surface area contributed by atoms with Gasteiger partial charge >= 0.3 is 5.97 Å². The van der Waals surface area contributed by atoms with Crippen LogP contribution < -0.4 is 10.6 Å². The molecule has 3 heterocycles. The lowest BCUT2D eigenvalue weighted by Gasteiger charge is -2.30. The van der Waals surface area contributed by atoms with Crippen LogP contribution in [-0.4, -0.2) is 48.0 Å². The van der Waals surface area contributed by atoms with Gasteiger partial charge in [0.15, 0.2) is 5.82 Å². The van der Waals surface area contributed by atoms with Crippen molar-refractivity contribution in [1.82, 2.24) is 25.3 Å². The van der Waals surface area contributed by atoms with Crippen molar-refractivity contribution in [1.29, 1.82) is 0 Å². The first-order valence-electron chi connectivity index (χ1n) is 9.88. The summed E-state index contributed by atoms with van der Waals surface area (Å²) in [6, 6.07) is 5.47. The van der Waals surface area contributed by atoms with Crippen molar-refractivity contribution >= 4 is 28.6 Å². The number of rotatable bonds is 8. The highest BCUT2D eigenvalue weighted by atomic mass is 16.4. The first-order valence-corrected chi connectivity index (χ1v) is 9.88. The molecule has 3 rings (SSSR count). The first kappa shape index (κ1) is 22.1. The number of anilines is 1. The van der Waals surface area contributed by atoms with Gasteiger partial charge in [-0.2, -0.15) is 0 Å². The minimum absolute atomic E-state index is 0.122. The van der Waals surface area contributed by atoms with Crippen LogP contribution in [0.25, 0.3) is 22.3 Å². The fourth-order valence-electron chi connectivity index (χ4n) is 3.32. The number of aliphatic carboxylic acids is 1. The van der Waals surface area contributed by atoms with Gasteiger partial charge in [-0.1, -0.05) is 0 Å². The normalized spacial score (nSPS) is 11.9. The third kappa shape index (κ3) is 5.94. The smallest absolute Gasteiger partial charge is 0.305 e. The van der Waals surface area contributed by atoms with Crippen molar-refractivity contribution in [3.63, 3.8) is 0 Å². The summed E-state index contributed by atoms with van der Waals surface area (Å²) in [5, 5.41) is 16.0. The van der Waals surface area contributed by atoms with Crippen molar-refractivity contribution in [2.75, 3.05) is 5.32 Å². The molecular weight excluding hydrogens is 396 g/mol. The van der Waals surface area contributed by atoms with E-state index in [1.54, 1.807) is 38.6 Å². The lowest BCUT2D eigenvalue weighted by Crippen LogP contribution is -2.48. The minimum Gasteiger partial charge on any atom is -0.481 e. The van der Waals surface area contributed by atoms with Gasteiger partial charge in [0.25, 0.3) is 0 Å². The van der Waals surface area contributed by atoms with Gasteiger partial charge < -0.3 is 15.7 Å². The van der Waals surface area contributed by atoms with Crippen molar-refractivity contribution in [3.8, 4) is 11.4 Å². The minimum atomic E-state index is -0.965. The number of carbonyl (C=O) groups is 2. The van der Waals surface area contributed by atoms with E-state index in [2.05, 4.69) is 25.6 Å². The average Bonchev–Trinajstić information content (AvgIpc) is 2.66. The molecule has 31 heavy (non-hydrogen) atoms. The first-order chi connectivity index (χ1) is 14.5. The Morgan fingerprint density at radius 1 is 0.935 bits per heavy atom. The third-order valence-corrected chi connectivity index (χ3v) is 4.57. The largest absolute Gasteiger partial charge is 0.481 e. The number of carboxylic acid groups (broad SMARTS) is 1. The number of nitrogens with one attached hydrogen (secondary N) is 2. The summed E-state index contributed by atoms with van der Waals surface area (Å²) >= 11 is 0. The highest BCUT2D eigenvalue weighted by Crippen LogP contribution is 2.27. The van der Waals surface area contributed by atoms with E-state index >= 15 is 0 Å². The maximum atomic E-state index is 12.6. The van der Waals surface area contributed by atoms with Crippen molar-refractivity contribution in [2.45, 2.75) is 51.6 Å². The van der Waals surface area contributed by atoms with Crippen LogP contribution in [-0.2, 0) is 9.59 Å². The summed E-state index contributed by atoms with van der Waals surface area (Å²) in [7, 11) is 0. The second-order valence-corrected chi connectivity index (χ2v) is 8.71. The second kappa shape index (κ2) is 8.63. The molecule has 0 saturated carbocycles. The second-order valence-electron chi connectivity index (χ2n) is 8.71. The maximum absolute atomic E-state index is 12.6. The van der Waals surface area contributed by atoms with Gasteiger partial charge in [0, 0.05) is 47.0 Å². The Morgan fingerprint density at radius 3 is 2.29 bits per heavy atom. The summed E-state index contributed by atoms with van der Waals surface area (Å²) in [4.78, 5) is 41.1. The lowest BCUT2D eigenvalue weighted by atomic mass is 9.96. The maximum Gasteiger partial charge on any atom is 0.305 e. The molecule has 0 radical (unpaired) electrons. The van der Waals surface area contributed by atoms with E-state index in [9.17, 15) is 9.59 Å². The zero-order valence-electron chi connectivity index (χ0n) is 18.0. The van der Waals surface area contributed by atoms with E-state index in [1.165, 1.54) is 0 Å². The molecule has 0 spiro atoms. The topological polar surface area (TPSA) is 130 Å². The van der Waals surface area contributed by atoms with Gasteiger partial charge in [-0.05, 0) is 45.9 Å². The monoisotopic (exact) mass is 422 g/mol. The third-order valence-electron chi connectivity index (χ3n) is 4.57. The zero-order valence-corrected chi connectivity index (χ0v) is 18.0. The van der Waals surface area contributed by atoms with Crippen LogP contribution in [0.5, 0.6) is 0 Å². The number of carboxylic acids is 1. The van der Waals surface area contributed by atoms with Gasteiger partial charge in [0.2, 0.25) is 5.91 Å². The molecule has 1 amide bonds. The van der Waals surface area contributed by atoms with Gasteiger partial charge in [0.05, 0.1) is 18.1 Å². The molecule has 0 bridgehead atoms. The Kier molecular flexibility index (Phi) is 6.14. The van der Waals surface area contributed by atoms with E-state index < -0.39 is 17.0 Å². The number of fused-ring (bicyclic) bond motifs is 1. The summed E-state index contributed by atoms with van der Waals surface area (Å²) in [5.74, 6) is -0.111. The summed E-state index contributed by atoms with van der Waals surface area (Å²) in [6.07, 6.45) is 6.64. The SMILES string of the molecule is CC(C)(CC(=O)O)NC(=O)CC(C)(C)Nc1nc(-c2ccncc2)nc2cnccc12. The van der Waals surface area contributed by atoms with Crippen LogP contribution in [0, 0.1) is 0 Å². The number of hydrogen-bond acceptors (Lipinski definition) is 7. The van der Waals surface area contributed by atoms with Gasteiger partial charge in [-0.3, -0.25) is 19.6 Å². The number of aromatic nitrogens is 4. The van der Waals surface area contributed by atoms with Crippen molar-refractivity contribution < 1.29 is 14.7 Å². The highest BCUT2D eigenvalue weighted by molar-refractivity contribution is 5.90. The Balaban J connectivity index is 1.86. The van der Waals surface area contributed by atoms with Gasteiger partial charge in [-0.15, -0.1) is 0 Å². The molecule has 0 aromatic carbocycles. The number of carbonyl (C=O) groups excluding carboxylic acids is 1. The molecule has 0 unspecified atom stereocenters. The van der Waals surface area contributed by atoms with Crippen LogP contribution in [0.3, 0.4) is 0 Å². The fraction of sp³-hybridized carbons (Fsp3) is 0.364. The molecule has 162 valence electrons. The van der Waals surface area contributed by atoms with E-state index in [-0.39, 0.29) is 18.7 Å². The van der Waals surface area contributed by atoms with Crippen LogP contribution in [0.2, 0.25) is 0 Å². The molecule has 0 atom stereocenters. The van der Waals surface area contributed by atoms with E-state index in [0.29, 0.717) is 17.2 Å². The Morgan fingerprint density at radius 2 is 1.61 bits per heavy atom. The molecule has 9 nitrogen and oxygen atoms in total. The van der Waals surface area contributed by atoms with E-state index in [1.807, 2.05) is 32.0 Å². The van der Waals surface area contributed by atoms with Crippen LogP contribution in [0.4, 0.5) is 5.82 Å². The van der Waals surface area contributed by atoms with E-state index in [4.69, 9.17) is 10.1 Å². The fourth-order valence-corrected chi connectivity index (χ4v) is 3.32. The van der Waals surface area contributed by atoms with Crippen molar-refractivity contribution in [3.05, 3.63) is 43.0 Å². The number of pyridine rings is 2. The summed E-state index contributed by atoms with van der Waals surface area (Å²) in [6.45, 7) is 7.15. The van der Waals surface area contributed by atoms with Gasteiger partial charge in [0.1, 0.15) is 5.82 Å². The predicted molar refractivity (Wildman–Crippen MR) is 117 cm³/mol. The van der Waals surface area contributed by atoms with Crippen molar-refractivity contribution in [2.24, 2.45) is 0 Å². The molecule has 0 aliphatic carbocycles. The molecule has 3 N–H and O–H groups in total. The Labute approximate surface area is 180 Å². The molecule has 9 heteroatoms. The summed E-state index contributed by atoms with van der Waals surface area (Å²) < 4.78 is 0. The molecule has 0 aliphatic heterocycles. The van der Waals surface area contributed by atoms with Crippen LogP contribution >= 0.6 is 0 Å². The number of nitrogens with zero attached hydrogens (tertiary/aromatic N) is 4. The molecule has 3 aromatic heterocycles. The molecule has 0 aliphatic rings. The predicted octanol–water partition coefficient (Wildman–Crippen LogP) is 3.04.